The molecule has 1 unspecified atom stereocenters. The Balaban J connectivity index is 1.34. The molecular weight excluding hydrogens is 400 g/mol. The van der Waals surface area contributed by atoms with Crippen molar-refractivity contribution in [3.63, 3.8) is 0 Å². The smallest absolute Gasteiger partial charge is 0.252 e. The van der Waals surface area contributed by atoms with Gasteiger partial charge >= 0.3 is 0 Å². The Kier molecular flexibility index (Phi) is 6.61. The van der Waals surface area contributed by atoms with Crippen molar-refractivity contribution in [2.45, 2.75) is 44.9 Å². The van der Waals surface area contributed by atoms with Crippen molar-refractivity contribution in [1.29, 1.82) is 0 Å². The zero-order valence-electron chi connectivity index (χ0n) is 18.7. The molecule has 0 amide bonds. The highest BCUT2D eigenvalue weighted by atomic mass is 28.4. The minimum atomic E-state index is -2.21. The van der Waals surface area contributed by atoms with Crippen LogP contribution in [0.25, 0.3) is 0 Å². The van der Waals surface area contributed by atoms with E-state index in [2.05, 4.69) is 105 Å². The van der Waals surface area contributed by atoms with Gasteiger partial charge in [-0.15, -0.1) is 0 Å². The second-order valence-electron chi connectivity index (χ2n) is 8.89. The molecule has 0 aliphatic carbocycles. The number of hydrogen-bond acceptors (Lipinski definition) is 3. The first-order valence-corrected chi connectivity index (χ1v) is 13.5. The Morgan fingerprint density at radius 2 is 1.42 bits per heavy atom. The maximum absolute atomic E-state index is 6.65. The average Bonchev–Trinajstić information content (AvgIpc) is 3.65. The van der Waals surface area contributed by atoms with Gasteiger partial charge in [-0.2, -0.15) is 0 Å². The van der Waals surface area contributed by atoms with E-state index < -0.39 is 8.32 Å². The Morgan fingerprint density at radius 3 is 1.94 bits per heavy atom. The number of aryl methyl sites for hydroxylation is 1. The molecule has 3 aromatic carbocycles. The van der Waals surface area contributed by atoms with Crippen molar-refractivity contribution in [3.05, 3.63) is 90.5 Å². The average molecular weight is 433 g/mol. The normalized spacial score (nSPS) is 16.2. The topological polar surface area (TPSA) is 31.0 Å². The van der Waals surface area contributed by atoms with Crippen LogP contribution in [-0.4, -0.2) is 33.2 Å². The molecule has 3 nitrogen and oxygen atoms in total. The van der Waals surface area contributed by atoms with E-state index in [0.29, 0.717) is 0 Å². The van der Waals surface area contributed by atoms with Crippen LogP contribution in [-0.2, 0) is 15.6 Å². The minimum Gasteiger partial charge on any atom is -0.485 e. The SMILES string of the molecule is CC(C)(Oc1ccc(CCCO[Si](C)(c2ccccc2)c2ccccc2)cc1)C1CO1. The number of hydrogen-bond donors (Lipinski definition) is 0. The van der Waals surface area contributed by atoms with E-state index in [1.165, 1.54) is 15.9 Å². The summed E-state index contributed by atoms with van der Waals surface area (Å²) >= 11 is 0. The summed E-state index contributed by atoms with van der Waals surface area (Å²) in [5.74, 6) is 0.897. The third-order valence-electron chi connectivity index (χ3n) is 6.06. The molecule has 1 saturated heterocycles. The van der Waals surface area contributed by atoms with Gasteiger partial charge in [-0.3, -0.25) is 0 Å². The molecule has 0 N–H and O–H groups in total. The second-order valence-corrected chi connectivity index (χ2v) is 12.4. The van der Waals surface area contributed by atoms with E-state index >= 15 is 0 Å². The lowest BCUT2D eigenvalue weighted by molar-refractivity contribution is 0.0744. The predicted molar refractivity (Wildman–Crippen MR) is 129 cm³/mol. The van der Waals surface area contributed by atoms with Crippen molar-refractivity contribution < 1.29 is 13.9 Å². The number of benzene rings is 3. The third kappa shape index (κ3) is 5.45. The molecule has 31 heavy (non-hydrogen) atoms. The molecule has 0 radical (unpaired) electrons. The van der Waals surface area contributed by atoms with Crippen LogP contribution in [0.1, 0.15) is 25.8 Å². The van der Waals surface area contributed by atoms with Crippen LogP contribution in [0.2, 0.25) is 6.55 Å². The molecule has 1 fully saturated rings. The van der Waals surface area contributed by atoms with Gasteiger partial charge in [-0.25, -0.2) is 0 Å². The van der Waals surface area contributed by atoms with E-state index in [1.807, 2.05) is 0 Å². The molecule has 0 bridgehead atoms. The van der Waals surface area contributed by atoms with Gasteiger partial charge in [-0.1, -0.05) is 72.8 Å². The Morgan fingerprint density at radius 1 is 0.871 bits per heavy atom. The zero-order valence-corrected chi connectivity index (χ0v) is 19.7. The van der Waals surface area contributed by atoms with Gasteiger partial charge in [0.05, 0.1) is 6.61 Å². The Labute approximate surface area is 187 Å². The van der Waals surface area contributed by atoms with Gasteiger partial charge in [-0.05, 0) is 61.3 Å². The summed E-state index contributed by atoms with van der Waals surface area (Å²) in [6.45, 7) is 8.00. The van der Waals surface area contributed by atoms with Gasteiger partial charge in [0.25, 0.3) is 8.32 Å². The number of rotatable bonds is 10. The van der Waals surface area contributed by atoms with Crippen LogP contribution in [0, 0.1) is 0 Å². The molecule has 3 aromatic rings. The van der Waals surface area contributed by atoms with Gasteiger partial charge in [0.2, 0.25) is 0 Å². The van der Waals surface area contributed by atoms with E-state index in [4.69, 9.17) is 13.9 Å². The van der Waals surface area contributed by atoms with Crippen LogP contribution in [0.5, 0.6) is 5.75 Å². The van der Waals surface area contributed by atoms with Gasteiger partial charge in [0.15, 0.2) is 0 Å². The van der Waals surface area contributed by atoms with E-state index in [-0.39, 0.29) is 11.7 Å². The van der Waals surface area contributed by atoms with Crippen molar-refractivity contribution in [3.8, 4) is 5.75 Å². The third-order valence-corrected chi connectivity index (χ3v) is 9.71. The molecule has 1 aliphatic rings. The van der Waals surface area contributed by atoms with Gasteiger partial charge in [0, 0.05) is 6.61 Å². The summed E-state index contributed by atoms with van der Waals surface area (Å²) in [5.41, 5.74) is 1.03. The summed E-state index contributed by atoms with van der Waals surface area (Å²) in [6, 6.07) is 29.8. The molecular formula is C27H32O3Si. The fourth-order valence-corrected chi connectivity index (χ4v) is 6.82. The summed E-state index contributed by atoms with van der Waals surface area (Å²) in [6.07, 6.45) is 2.19. The molecule has 1 atom stereocenters. The summed E-state index contributed by atoms with van der Waals surface area (Å²) in [4.78, 5) is 0. The van der Waals surface area contributed by atoms with Crippen LogP contribution in [0.3, 0.4) is 0 Å². The molecule has 1 heterocycles. The van der Waals surface area contributed by atoms with Crippen molar-refractivity contribution in [2.24, 2.45) is 0 Å². The first kappa shape index (κ1) is 21.8. The molecule has 162 valence electrons. The highest BCUT2D eigenvalue weighted by Crippen LogP contribution is 2.29. The second kappa shape index (κ2) is 9.39. The molecule has 4 rings (SSSR count). The fourth-order valence-electron chi connectivity index (χ4n) is 3.94. The van der Waals surface area contributed by atoms with Crippen molar-refractivity contribution in [2.75, 3.05) is 13.2 Å². The predicted octanol–water partition coefficient (Wildman–Crippen LogP) is 4.58. The molecule has 0 saturated carbocycles. The monoisotopic (exact) mass is 432 g/mol. The summed E-state index contributed by atoms with van der Waals surface area (Å²) in [7, 11) is -2.21. The van der Waals surface area contributed by atoms with Crippen molar-refractivity contribution >= 4 is 18.7 Å². The fraction of sp³-hybridized carbons (Fsp3) is 0.333. The lowest BCUT2D eigenvalue weighted by atomic mass is 10.1. The van der Waals surface area contributed by atoms with Crippen LogP contribution < -0.4 is 15.1 Å². The maximum atomic E-state index is 6.65. The first-order valence-electron chi connectivity index (χ1n) is 11.1. The Bertz CT molecular complexity index is 911. The quantitative estimate of drug-likeness (QED) is 0.267. The van der Waals surface area contributed by atoms with E-state index in [1.54, 1.807) is 0 Å². The standard InChI is InChI=1S/C27H32O3Si/c1-27(2,26-21-28-26)30-23-18-16-22(17-19-23)11-10-20-29-31(3,24-12-6-4-7-13-24)25-14-8-5-9-15-25/h4-9,12-19,26H,10-11,20-21H2,1-3H3. The molecule has 0 spiro atoms. The van der Waals surface area contributed by atoms with Crippen molar-refractivity contribution in [1.82, 2.24) is 0 Å². The van der Waals surface area contributed by atoms with Gasteiger partial charge in [0.1, 0.15) is 17.5 Å². The van der Waals surface area contributed by atoms with Crippen LogP contribution in [0.15, 0.2) is 84.9 Å². The highest BCUT2D eigenvalue weighted by Gasteiger charge is 2.41. The lowest BCUT2D eigenvalue weighted by Gasteiger charge is -2.28. The first-order chi connectivity index (χ1) is 15.0. The van der Waals surface area contributed by atoms with Gasteiger partial charge < -0.3 is 13.9 Å². The Hall–Kier alpha value is -2.40. The van der Waals surface area contributed by atoms with Crippen LogP contribution in [0.4, 0.5) is 0 Å². The minimum absolute atomic E-state index is 0.206. The largest absolute Gasteiger partial charge is 0.485 e. The van der Waals surface area contributed by atoms with E-state index in [0.717, 1.165) is 31.8 Å². The number of ether oxygens (including phenoxy) is 2. The van der Waals surface area contributed by atoms with E-state index in [9.17, 15) is 0 Å². The molecule has 0 aromatic heterocycles. The highest BCUT2D eigenvalue weighted by molar-refractivity contribution is 6.96. The van der Waals surface area contributed by atoms with Crippen LogP contribution >= 0.6 is 0 Å². The molecule has 4 heteroatoms. The zero-order chi connectivity index (χ0) is 21.7. The number of epoxide rings is 1. The lowest BCUT2D eigenvalue weighted by Crippen LogP contribution is -2.58. The maximum Gasteiger partial charge on any atom is 0.252 e. The summed E-state index contributed by atoms with van der Waals surface area (Å²) < 4.78 is 18.1. The summed E-state index contributed by atoms with van der Waals surface area (Å²) in [5, 5.41) is 2.62. The molecule has 1 aliphatic heterocycles.